The highest BCUT2D eigenvalue weighted by atomic mass is 35.5. The molecule has 0 radical (unpaired) electrons. The lowest BCUT2D eigenvalue weighted by atomic mass is 10.0. The Kier molecular flexibility index (Phi) is 13.9. The van der Waals surface area contributed by atoms with Crippen LogP contribution in [0.1, 0.15) is 33.3 Å². The van der Waals surface area contributed by atoms with Crippen LogP contribution in [0.2, 0.25) is 0 Å². The summed E-state index contributed by atoms with van der Waals surface area (Å²) >= 11 is 10.9. The average molecular weight is 429 g/mol. The van der Waals surface area contributed by atoms with Gasteiger partial charge in [-0.05, 0) is 40.4 Å². The number of carbonyl (C=O) groups excluding carboxylic acids is 1. The van der Waals surface area contributed by atoms with E-state index in [1.165, 1.54) is 0 Å². The van der Waals surface area contributed by atoms with Gasteiger partial charge in [-0.3, -0.25) is 4.79 Å². The van der Waals surface area contributed by atoms with E-state index in [2.05, 4.69) is 10.5 Å². The molecule has 0 aromatic heterocycles. The third-order valence-corrected chi connectivity index (χ3v) is 3.87. The fourth-order valence-electron chi connectivity index (χ4n) is 2.24. The van der Waals surface area contributed by atoms with Crippen molar-refractivity contribution in [1.29, 1.82) is 0 Å². The predicted octanol–water partition coefficient (Wildman–Crippen LogP) is 6.60. The molecule has 7 heteroatoms. The molecule has 0 fully saturated rings. The molecule has 0 aliphatic rings. The van der Waals surface area contributed by atoms with Gasteiger partial charge in [-0.15, -0.1) is 4.91 Å². The molecule has 0 bridgehead atoms. The predicted molar refractivity (Wildman–Crippen MR) is 117 cm³/mol. The van der Waals surface area contributed by atoms with Gasteiger partial charge in [0.15, 0.2) is 4.84 Å². The molecule has 2 rings (SSSR count). The van der Waals surface area contributed by atoms with Crippen LogP contribution in [0.5, 0.6) is 0 Å². The van der Waals surface area contributed by atoms with Crippen molar-refractivity contribution in [2.75, 3.05) is 6.67 Å². The highest BCUT2D eigenvalue weighted by Gasteiger charge is 2.17. The molecule has 0 unspecified atom stereocenters. The number of alkyl halides is 3. The third kappa shape index (κ3) is 8.81. The molecular formula is C21H27Cl2FN2O2. The lowest BCUT2D eigenvalue weighted by molar-refractivity contribution is -0.120. The zero-order valence-electron chi connectivity index (χ0n) is 16.6. The number of halogens is 3. The molecule has 4 nitrogen and oxygen atoms in total. The second-order valence-corrected chi connectivity index (χ2v) is 6.30. The fourth-order valence-corrected chi connectivity index (χ4v) is 2.37. The van der Waals surface area contributed by atoms with Crippen LogP contribution < -0.4 is 5.32 Å². The van der Waals surface area contributed by atoms with Crippen molar-refractivity contribution >= 4 is 34.8 Å². The van der Waals surface area contributed by atoms with Crippen molar-refractivity contribution in [2.24, 2.45) is 5.18 Å². The summed E-state index contributed by atoms with van der Waals surface area (Å²) in [4.78, 5) is 20.6. The Balaban J connectivity index is 0.00000171. The van der Waals surface area contributed by atoms with Gasteiger partial charge in [0, 0.05) is 0 Å². The Hall–Kier alpha value is -1.98. The van der Waals surface area contributed by atoms with E-state index in [4.69, 9.17) is 23.2 Å². The van der Waals surface area contributed by atoms with Gasteiger partial charge in [0.1, 0.15) is 12.4 Å². The van der Waals surface area contributed by atoms with E-state index in [1.807, 2.05) is 52.0 Å². The highest BCUT2D eigenvalue weighted by Crippen LogP contribution is 2.23. The van der Waals surface area contributed by atoms with Crippen molar-refractivity contribution in [3.8, 4) is 11.1 Å². The summed E-state index contributed by atoms with van der Waals surface area (Å²) in [5.41, 5.74) is 3.14. The molecule has 0 aliphatic carbocycles. The van der Waals surface area contributed by atoms with Gasteiger partial charge in [-0.2, -0.15) is 0 Å². The van der Waals surface area contributed by atoms with Crippen LogP contribution in [-0.2, 0) is 11.2 Å². The number of hydrogen-bond acceptors (Lipinski definition) is 3. The Morgan fingerprint density at radius 2 is 1.43 bits per heavy atom. The molecule has 0 heterocycles. The van der Waals surface area contributed by atoms with Gasteiger partial charge in [0.2, 0.25) is 0 Å². The van der Waals surface area contributed by atoms with E-state index in [0.29, 0.717) is 12.1 Å². The molecule has 28 heavy (non-hydrogen) atoms. The van der Waals surface area contributed by atoms with Crippen LogP contribution in [0.25, 0.3) is 11.1 Å². The minimum atomic E-state index is -1.22. The van der Waals surface area contributed by atoms with E-state index in [1.54, 1.807) is 24.3 Å². The van der Waals surface area contributed by atoms with Crippen LogP contribution in [0.4, 0.5) is 10.1 Å². The lowest BCUT2D eigenvalue weighted by Gasteiger charge is -2.16. The quantitative estimate of drug-likeness (QED) is 0.398. The zero-order valence-corrected chi connectivity index (χ0v) is 18.1. The maximum atomic E-state index is 13.0. The summed E-state index contributed by atoms with van der Waals surface area (Å²) in [6, 6.07) is 13.7. The van der Waals surface area contributed by atoms with Crippen LogP contribution in [-0.4, -0.2) is 23.5 Å². The molecule has 154 valence electrons. The maximum absolute atomic E-state index is 13.0. The average Bonchev–Trinajstić information content (AvgIpc) is 2.76. The van der Waals surface area contributed by atoms with Crippen LogP contribution in [0.3, 0.4) is 0 Å². The van der Waals surface area contributed by atoms with Crippen molar-refractivity contribution in [3.63, 3.8) is 0 Å². The first-order valence-electron chi connectivity index (χ1n) is 9.20. The number of rotatable bonds is 7. The minimum Gasteiger partial charge on any atom is -0.348 e. The van der Waals surface area contributed by atoms with Gasteiger partial charge < -0.3 is 5.32 Å². The van der Waals surface area contributed by atoms with E-state index in [0.717, 1.165) is 16.7 Å². The molecule has 1 atom stereocenters. The van der Waals surface area contributed by atoms with Gasteiger partial charge in [-0.25, -0.2) is 4.39 Å². The van der Waals surface area contributed by atoms with Crippen LogP contribution in [0, 0.1) is 4.91 Å². The number of nitroso groups, excluding NO2 is 1. The van der Waals surface area contributed by atoms with Gasteiger partial charge in [-0.1, -0.05) is 87.3 Å². The SMILES string of the molecule is CC.CC.O=Nc1ccc(-c2ccc(C[C@@H](CF)NC(=O)C(Cl)Cl)cc2)cc1. The number of benzene rings is 2. The molecule has 0 saturated carbocycles. The van der Waals surface area contributed by atoms with E-state index in [9.17, 15) is 14.1 Å². The molecule has 0 aliphatic heterocycles. The Morgan fingerprint density at radius 3 is 1.82 bits per heavy atom. The van der Waals surface area contributed by atoms with Gasteiger partial charge >= 0.3 is 0 Å². The maximum Gasteiger partial charge on any atom is 0.253 e. The first-order valence-corrected chi connectivity index (χ1v) is 10.1. The normalized spacial score (nSPS) is 10.7. The lowest BCUT2D eigenvalue weighted by Crippen LogP contribution is -2.40. The van der Waals surface area contributed by atoms with Crippen molar-refractivity contribution in [2.45, 2.75) is 45.0 Å². The standard InChI is InChI=1S/C17H15Cl2FN2O2.2C2H6/c18-16(19)17(23)21-15(10-20)9-11-1-3-12(4-2-11)13-5-7-14(22-24)8-6-13;2*1-2/h1-8,15-16H,9-10H2,(H,21,23);2*1-2H3/t15-;;/m0../s1. The zero-order chi connectivity index (χ0) is 21.5. The molecule has 0 spiro atoms. The van der Waals surface area contributed by atoms with Crippen molar-refractivity contribution in [1.82, 2.24) is 5.32 Å². The van der Waals surface area contributed by atoms with E-state index >= 15 is 0 Å². The smallest absolute Gasteiger partial charge is 0.253 e. The molecular weight excluding hydrogens is 402 g/mol. The first-order chi connectivity index (χ1) is 13.5. The highest BCUT2D eigenvalue weighted by molar-refractivity contribution is 6.53. The van der Waals surface area contributed by atoms with E-state index < -0.39 is 23.5 Å². The summed E-state index contributed by atoms with van der Waals surface area (Å²) < 4.78 is 13.0. The molecule has 1 amide bonds. The number of hydrogen-bond donors (Lipinski definition) is 1. The fraction of sp³-hybridized carbons (Fsp3) is 0.381. The summed E-state index contributed by atoms with van der Waals surface area (Å²) in [6.45, 7) is 7.29. The summed E-state index contributed by atoms with van der Waals surface area (Å²) in [7, 11) is 0. The van der Waals surface area contributed by atoms with Crippen LogP contribution >= 0.6 is 23.2 Å². The largest absolute Gasteiger partial charge is 0.348 e. The Morgan fingerprint density at radius 1 is 0.964 bits per heavy atom. The van der Waals surface area contributed by atoms with Crippen molar-refractivity contribution < 1.29 is 9.18 Å². The summed E-state index contributed by atoms with van der Waals surface area (Å²) in [5, 5.41) is 5.31. The second kappa shape index (κ2) is 15.0. The van der Waals surface area contributed by atoms with Crippen LogP contribution in [0.15, 0.2) is 53.7 Å². The molecule has 1 N–H and O–H groups in total. The summed E-state index contributed by atoms with van der Waals surface area (Å²) in [5.74, 6) is -0.610. The topological polar surface area (TPSA) is 58.5 Å². The molecule has 2 aromatic carbocycles. The number of carbonyl (C=O) groups is 1. The van der Waals surface area contributed by atoms with Gasteiger partial charge in [0.05, 0.1) is 6.04 Å². The first kappa shape index (κ1) is 26.0. The minimum absolute atomic E-state index is 0.330. The monoisotopic (exact) mass is 428 g/mol. The number of nitrogens with one attached hydrogen (secondary N) is 1. The summed E-state index contributed by atoms with van der Waals surface area (Å²) in [6.07, 6.45) is 0.330. The third-order valence-electron chi connectivity index (χ3n) is 3.47. The van der Waals surface area contributed by atoms with Gasteiger partial charge in [0.25, 0.3) is 5.91 Å². The molecule has 0 saturated heterocycles. The van der Waals surface area contributed by atoms with E-state index in [-0.39, 0.29) is 0 Å². The second-order valence-electron chi connectivity index (χ2n) is 5.20. The molecule has 2 aromatic rings. The number of amides is 1. The Bertz CT molecular complexity index is 693. The van der Waals surface area contributed by atoms with Crippen molar-refractivity contribution in [3.05, 3.63) is 59.0 Å². The Labute approximate surface area is 176 Å². The number of nitrogens with zero attached hydrogens (tertiary/aromatic N) is 1.